The first kappa shape index (κ1) is 11.4. The van der Waals surface area contributed by atoms with Gasteiger partial charge in [0.05, 0.1) is 6.61 Å². The van der Waals surface area contributed by atoms with Crippen molar-refractivity contribution in [3.8, 4) is 5.75 Å². The van der Waals surface area contributed by atoms with E-state index in [4.69, 9.17) is 4.74 Å². The predicted octanol–water partition coefficient (Wildman–Crippen LogP) is 3.98. The molecule has 0 atom stereocenters. The molecule has 1 aromatic carbocycles. The largest absolute Gasteiger partial charge is 0.494 e. The first-order valence-electron chi connectivity index (χ1n) is 5.12. The molecule has 0 fully saturated rings. The minimum Gasteiger partial charge on any atom is -0.494 e. The van der Waals surface area contributed by atoms with Crippen molar-refractivity contribution in [3.63, 3.8) is 0 Å². The standard InChI is InChI=1S/C12H18OS/c1-4-8-13-11-6-5-7-12(9-11)14-10(2)3/h5-7,9-10H,4,8H2,1-3H3. The lowest BCUT2D eigenvalue weighted by molar-refractivity contribution is 0.316. The molecule has 0 spiro atoms. The molecule has 0 aliphatic rings. The predicted molar refractivity (Wildman–Crippen MR) is 63.2 cm³/mol. The maximum absolute atomic E-state index is 5.56. The molecule has 1 nitrogen and oxygen atoms in total. The number of hydrogen-bond acceptors (Lipinski definition) is 2. The quantitative estimate of drug-likeness (QED) is 0.680. The Morgan fingerprint density at radius 3 is 2.79 bits per heavy atom. The Labute approximate surface area is 90.9 Å². The molecule has 0 aromatic heterocycles. The minimum absolute atomic E-state index is 0.622. The van der Waals surface area contributed by atoms with Crippen LogP contribution in [0.15, 0.2) is 29.2 Å². The Balaban J connectivity index is 2.59. The van der Waals surface area contributed by atoms with Crippen molar-refractivity contribution >= 4 is 11.8 Å². The zero-order valence-corrected chi connectivity index (χ0v) is 9.93. The van der Waals surface area contributed by atoms with Gasteiger partial charge in [-0.25, -0.2) is 0 Å². The molecule has 0 amide bonds. The number of benzene rings is 1. The Morgan fingerprint density at radius 2 is 2.14 bits per heavy atom. The van der Waals surface area contributed by atoms with Crippen molar-refractivity contribution < 1.29 is 4.74 Å². The molecule has 1 aromatic rings. The lowest BCUT2D eigenvalue weighted by Crippen LogP contribution is -1.95. The molecule has 0 aliphatic heterocycles. The van der Waals surface area contributed by atoms with E-state index < -0.39 is 0 Å². The highest BCUT2D eigenvalue weighted by Gasteiger charge is 1.99. The third kappa shape index (κ3) is 4.05. The van der Waals surface area contributed by atoms with Crippen LogP contribution in [0.25, 0.3) is 0 Å². The normalized spacial score (nSPS) is 10.6. The summed E-state index contributed by atoms with van der Waals surface area (Å²) in [6.45, 7) is 7.32. The Bertz CT molecular complexity index is 271. The van der Waals surface area contributed by atoms with Gasteiger partial charge in [0.1, 0.15) is 5.75 Å². The number of rotatable bonds is 5. The molecular weight excluding hydrogens is 192 g/mol. The highest BCUT2D eigenvalue weighted by Crippen LogP contribution is 2.26. The van der Waals surface area contributed by atoms with Crippen molar-refractivity contribution in [2.75, 3.05) is 6.61 Å². The lowest BCUT2D eigenvalue weighted by atomic mass is 10.3. The molecule has 0 unspecified atom stereocenters. The van der Waals surface area contributed by atoms with Crippen molar-refractivity contribution in [3.05, 3.63) is 24.3 Å². The van der Waals surface area contributed by atoms with Gasteiger partial charge >= 0.3 is 0 Å². The molecule has 0 radical (unpaired) electrons. The van der Waals surface area contributed by atoms with Gasteiger partial charge in [0.15, 0.2) is 0 Å². The zero-order chi connectivity index (χ0) is 10.4. The highest BCUT2D eigenvalue weighted by atomic mass is 32.2. The van der Waals surface area contributed by atoms with E-state index in [9.17, 15) is 0 Å². The van der Waals surface area contributed by atoms with Crippen LogP contribution in [0, 0.1) is 0 Å². The molecule has 2 heteroatoms. The van der Waals surface area contributed by atoms with E-state index in [1.165, 1.54) is 4.90 Å². The number of thioether (sulfide) groups is 1. The van der Waals surface area contributed by atoms with Crippen molar-refractivity contribution in [2.45, 2.75) is 37.3 Å². The van der Waals surface area contributed by atoms with Crippen LogP contribution in [-0.4, -0.2) is 11.9 Å². The van der Waals surface area contributed by atoms with E-state index in [0.29, 0.717) is 5.25 Å². The van der Waals surface area contributed by atoms with Crippen LogP contribution >= 0.6 is 11.8 Å². The van der Waals surface area contributed by atoms with Crippen LogP contribution < -0.4 is 4.74 Å². The van der Waals surface area contributed by atoms with E-state index in [1.54, 1.807) is 0 Å². The number of ether oxygens (including phenoxy) is 1. The second-order valence-corrected chi connectivity index (χ2v) is 5.14. The van der Waals surface area contributed by atoms with Gasteiger partial charge in [-0.05, 0) is 24.6 Å². The summed E-state index contributed by atoms with van der Waals surface area (Å²) in [5, 5.41) is 0.622. The zero-order valence-electron chi connectivity index (χ0n) is 9.12. The summed E-state index contributed by atoms with van der Waals surface area (Å²) in [5.41, 5.74) is 0. The molecule has 1 rings (SSSR count). The molecule has 0 aliphatic carbocycles. The molecule has 0 N–H and O–H groups in total. The average molecular weight is 210 g/mol. The topological polar surface area (TPSA) is 9.23 Å². The van der Waals surface area contributed by atoms with E-state index >= 15 is 0 Å². The lowest BCUT2D eigenvalue weighted by Gasteiger charge is -2.08. The van der Waals surface area contributed by atoms with Crippen LogP contribution in [-0.2, 0) is 0 Å². The van der Waals surface area contributed by atoms with Gasteiger partial charge < -0.3 is 4.74 Å². The molecule has 0 saturated heterocycles. The Morgan fingerprint density at radius 1 is 1.36 bits per heavy atom. The Hall–Kier alpha value is -0.630. The van der Waals surface area contributed by atoms with Gasteiger partial charge in [0.2, 0.25) is 0 Å². The molecule has 14 heavy (non-hydrogen) atoms. The minimum atomic E-state index is 0.622. The van der Waals surface area contributed by atoms with Crippen LogP contribution in [0.5, 0.6) is 5.75 Å². The SMILES string of the molecule is CCCOc1cccc(SC(C)C)c1. The highest BCUT2D eigenvalue weighted by molar-refractivity contribution is 7.99. The summed E-state index contributed by atoms with van der Waals surface area (Å²) < 4.78 is 5.56. The van der Waals surface area contributed by atoms with Gasteiger partial charge in [0, 0.05) is 10.1 Å². The summed E-state index contributed by atoms with van der Waals surface area (Å²) >= 11 is 1.87. The van der Waals surface area contributed by atoms with Gasteiger partial charge in [-0.2, -0.15) is 0 Å². The van der Waals surface area contributed by atoms with Gasteiger partial charge in [-0.3, -0.25) is 0 Å². The third-order valence-corrected chi connectivity index (χ3v) is 2.65. The first-order valence-corrected chi connectivity index (χ1v) is 6.00. The molecule has 78 valence electrons. The van der Waals surface area contributed by atoms with Crippen molar-refractivity contribution in [1.82, 2.24) is 0 Å². The molecular formula is C12H18OS. The monoisotopic (exact) mass is 210 g/mol. The summed E-state index contributed by atoms with van der Waals surface area (Å²) in [6, 6.07) is 8.31. The molecule has 0 saturated carbocycles. The average Bonchev–Trinajstić information content (AvgIpc) is 2.14. The molecule has 0 bridgehead atoms. The second kappa shape index (κ2) is 5.97. The third-order valence-electron chi connectivity index (χ3n) is 1.65. The van der Waals surface area contributed by atoms with Crippen molar-refractivity contribution in [2.24, 2.45) is 0 Å². The summed E-state index contributed by atoms with van der Waals surface area (Å²) in [4.78, 5) is 1.29. The summed E-state index contributed by atoms with van der Waals surface area (Å²) in [5.74, 6) is 0.984. The van der Waals surface area contributed by atoms with Crippen LogP contribution in [0.2, 0.25) is 0 Å². The van der Waals surface area contributed by atoms with Crippen LogP contribution in [0.1, 0.15) is 27.2 Å². The summed E-state index contributed by atoms with van der Waals surface area (Å²) in [6.07, 6.45) is 1.06. The maximum Gasteiger partial charge on any atom is 0.120 e. The van der Waals surface area contributed by atoms with Gasteiger partial charge in [-0.15, -0.1) is 11.8 Å². The van der Waals surface area contributed by atoms with E-state index in [2.05, 4.69) is 39.0 Å². The van der Waals surface area contributed by atoms with Gasteiger partial charge in [0.25, 0.3) is 0 Å². The second-order valence-electron chi connectivity index (χ2n) is 3.49. The molecule has 0 heterocycles. The fourth-order valence-corrected chi connectivity index (χ4v) is 2.02. The van der Waals surface area contributed by atoms with Gasteiger partial charge in [-0.1, -0.05) is 26.8 Å². The van der Waals surface area contributed by atoms with E-state index in [0.717, 1.165) is 18.8 Å². The Kier molecular flexibility index (Phi) is 4.88. The fraction of sp³-hybridized carbons (Fsp3) is 0.500. The summed E-state index contributed by atoms with van der Waals surface area (Å²) in [7, 11) is 0. The van der Waals surface area contributed by atoms with E-state index in [1.807, 2.05) is 17.8 Å². The number of hydrogen-bond donors (Lipinski definition) is 0. The van der Waals surface area contributed by atoms with Crippen molar-refractivity contribution in [1.29, 1.82) is 0 Å². The van der Waals surface area contributed by atoms with Crippen LogP contribution in [0.4, 0.5) is 0 Å². The maximum atomic E-state index is 5.56. The van der Waals surface area contributed by atoms with E-state index in [-0.39, 0.29) is 0 Å². The first-order chi connectivity index (χ1) is 6.72. The van der Waals surface area contributed by atoms with Crippen LogP contribution in [0.3, 0.4) is 0 Å². The smallest absolute Gasteiger partial charge is 0.120 e. The fourth-order valence-electron chi connectivity index (χ4n) is 1.13.